The lowest BCUT2D eigenvalue weighted by atomic mass is 10.1. The van der Waals surface area contributed by atoms with E-state index in [9.17, 15) is 9.59 Å². The van der Waals surface area contributed by atoms with Gasteiger partial charge in [0.1, 0.15) is 12.3 Å². The summed E-state index contributed by atoms with van der Waals surface area (Å²) in [4.78, 5) is 31.4. The molecule has 9 heteroatoms. The number of hydrogen-bond donors (Lipinski definition) is 1. The lowest BCUT2D eigenvalue weighted by molar-refractivity contribution is -0.132. The molecule has 2 aromatic rings. The van der Waals surface area contributed by atoms with Crippen molar-refractivity contribution in [3.63, 3.8) is 0 Å². The normalized spacial score (nSPS) is 14.7. The molecule has 1 unspecified atom stereocenters. The number of ether oxygens (including phenoxy) is 1. The fraction of sp³-hybridized carbons (Fsp3) is 0.538. The molecule has 35 heavy (non-hydrogen) atoms. The summed E-state index contributed by atoms with van der Waals surface area (Å²) >= 11 is 0. The standard InChI is InChI=1S/C26H38N6O3/c1-5-13-27-26(34)32(20(3)6-2)19-25(33)31-15-8-14-30(16-17-31)24-12-11-23(28-29-24)21-9-7-10-22(18-21)35-4/h7,9-12,18,20H,5-6,8,13-17,19H2,1-4H3,(H,27,34). The van der Waals surface area contributed by atoms with Crippen molar-refractivity contribution in [2.45, 2.75) is 46.1 Å². The van der Waals surface area contributed by atoms with Crippen LogP contribution in [0.1, 0.15) is 40.0 Å². The molecular formula is C26H38N6O3. The molecule has 1 atom stereocenters. The van der Waals surface area contributed by atoms with Crippen molar-refractivity contribution in [1.82, 2.24) is 25.3 Å². The summed E-state index contributed by atoms with van der Waals surface area (Å²) in [5.41, 5.74) is 1.73. The third kappa shape index (κ3) is 7.07. The van der Waals surface area contributed by atoms with Gasteiger partial charge in [0.15, 0.2) is 5.82 Å². The van der Waals surface area contributed by atoms with Crippen molar-refractivity contribution < 1.29 is 14.3 Å². The van der Waals surface area contributed by atoms with Crippen LogP contribution in [0.4, 0.5) is 10.6 Å². The molecule has 9 nitrogen and oxygen atoms in total. The number of urea groups is 1. The number of nitrogens with one attached hydrogen (secondary N) is 1. The van der Waals surface area contributed by atoms with Gasteiger partial charge in [0.05, 0.1) is 12.8 Å². The Bertz CT molecular complexity index is 968. The zero-order valence-corrected chi connectivity index (χ0v) is 21.4. The molecule has 1 fully saturated rings. The number of carbonyl (C=O) groups excluding carboxylic acids is 2. The summed E-state index contributed by atoms with van der Waals surface area (Å²) < 4.78 is 5.30. The van der Waals surface area contributed by atoms with E-state index in [1.807, 2.05) is 62.1 Å². The van der Waals surface area contributed by atoms with Crippen LogP contribution in [-0.4, -0.2) is 84.4 Å². The number of amides is 3. The molecule has 0 aliphatic carbocycles. The maximum absolute atomic E-state index is 13.1. The minimum atomic E-state index is -0.169. The Kier molecular flexibility index (Phi) is 9.69. The maximum atomic E-state index is 13.1. The smallest absolute Gasteiger partial charge is 0.318 e. The molecule has 1 aliphatic rings. The van der Waals surface area contributed by atoms with Gasteiger partial charge in [-0.25, -0.2) is 4.79 Å². The van der Waals surface area contributed by atoms with Gasteiger partial charge in [-0.15, -0.1) is 10.2 Å². The number of aromatic nitrogens is 2. The van der Waals surface area contributed by atoms with Crippen molar-refractivity contribution in [3.8, 4) is 17.0 Å². The lowest BCUT2D eigenvalue weighted by Crippen LogP contribution is -2.50. The quantitative estimate of drug-likeness (QED) is 0.589. The van der Waals surface area contributed by atoms with E-state index < -0.39 is 0 Å². The van der Waals surface area contributed by atoms with Crippen LogP contribution in [0.25, 0.3) is 11.3 Å². The zero-order valence-electron chi connectivity index (χ0n) is 21.4. The number of methoxy groups -OCH3 is 1. The fourth-order valence-electron chi connectivity index (χ4n) is 4.05. The van der Waals surface area contributed by atoms with Gasteiger partial charge in [-0.3, -0.25) is 4.79 Å². The van der Waals surface area contributed by atoms with Crippen LogP contribution in [0, 0.1) is 0 Å². The highest BCUT2D eigenvalue weighted by molar-refractivity contribution is 5.84. The Morgan fingerprint density at radius 2 is 1.94 bits per heavy atom. The Hall–Kier alpha value is -3.36. The zero-order chi connectivity index (χ0) is 25.2. The van der Waals surface area contributed by atoms with Crippen LogP contribution in [-0.2, 0) is 4.79 Å². The van der Waals surface area contributed by atoms with Crippen molar-refractivity contribution in [2.75, 3.05) is 51.3 Å². The van der Waals surface area contributed by atoms with Crippen molar-refractivity contribution in [3.05, 3.63) is 36.4 Å². The van der Waals surface area contributed by atoms with Crippen LogP contribution in [0.3, 0.4) is 0 Å². The maximum Gasteiger partial charge on any atom is 0.318 e. The summed E-state index contributed by atoms with van der Waals surface area (Å²) in [7, 11) is 1.64. The number of anilines is 1. The van der Waals surface area contributed by atoms with E-state index in [0.29, 0.717) is 26.2 Å². The van der Waals surface area contributed by atoms with E-state index >= 15 is 0 Å². The summed E-state index contributed by atoms with van der Waals surface area (Å²) in [6, 6.07) is 11.5. The fourth-order valence-corrected chi connectivity index (χ4v) is 4.05. The van der Waals surface area contributed by atoms with Gasteiger partial charge in [0.2, 0.25) is 5.91 Å². The number of carbonyl (C=O) groups is 2. The molecule has 1 aliphatic heterocycles. The Morgan fingerprint density at radius 1 is 1.11 bits per heavy atom. The lowest BCUT2D eigenvalue weighted by Gasteiger charge is -2.31. The summed E-state index contributed by atoms with van der Waals surface area (Å²) in [6.45, 7) is 9.44. The van der Waals surface area contributed by atoms with Gasteiger partial charge < -0.3 is 24.8 Å². The first-order chi connectivity index (χ1) is 17.0. The van der Waals surface area contributed by atoms with Crippen LogP contribution in [0.5, 0.6) is 5.75 Å². The SMILES string of the molecule is CCCNC(=O)N(CC(=O)N1CCCN(c2ccc(-c3cccc(OC)c3)nn2)CC1)C(C)CC. The number of hydrogen-bond acceptors (Lipinski definition) is 6. The number of nitrogens with zero attached hydrogens (tertiary/aromatic N) is 5. The van der Waals surface area contributed by atoms with Gasteiger partial charge in [-0.2, -0.15) is 0 Å². The molecule has 0 saturated carbocycles. The Balaban J connectivity index is 1.61. The van der Waals surface area contributed by atoms with Gasteiger partial charge in [-0.1, -0.05) is 26.0 Å². The van der Waals surface area contributed by atoms with Gasteiger partial charge in [-0.05, 0) is 50.5 Å². The first-order valence-electron chi connectivity index (χ1n) is 12.5. The summed E-state index contributed by atoms with van der Waals surface area (Å²) in [5, 5.41) is 11.8. The third-order valence-corrected chi connectivity index (χ3v) is 6.40. The van der Waals surface area contributed by atoms with Gasteiger partial charge in [0, 0.05) is 44.3 Å². The van der Waals surface area contributed by atoms with E-state index in [-0.39, 0.29) is 24.5 Å². The summed E-state index contributed by atoms with van der Waals surface area (Å²) in [6.07, 6.45) is 2.49. The second-order valence-corrected chi connectivity index (χ2v) is 8.85. The Morgan fingerprint density at radius 3 is 2.63 bits per heavy atom. The molecule has 1 N–H and O–H groups in total. The highest BCUT2D eigenvalue weighted by Crippen LogP contribution is 2.23. The molecular weight excluding hydrogens is 444 g/mol. The minimum Gasteiger partial charge on any atom is -0.497 e. The predicted molar refractivity (Wildman–Crippen MR) is 138 cm³/mol. The topological polar surface area (TPSA) is 90.9 Å². The second kappa shape index (κ2) is 12.9. The highest BCUT2D eigenvalue weighted by atomic mass is 16.5. The predicted octanol–water partition coefficient (Wildman–Crippen LogP) is 3.41. The van der Waals surface area contributed by atoms with Crippen LogP contribution in [0.2, 0.25) is 0 Å². The van der Waals surface area contributed by atoms with E-state index in [0.717, 1.165) is 48.6 Å². The largest absolute Gasteiger partial charge is 0.497 e. The molecule has 0 bridgehead atoms. The van der Waals surface area contributed by atoms with Crippen molar-refractivity contribution >= 4 is 17.8 Å². The van der Waals surface area contributed by atoms with E-state index in [4.69, 9.17) is 4.74 Å². The monoisotopic (exact) mass is 482 g/mol. The van der Waals surface area contributed by atoms with Crippen LogP contribution in [0.15, 0.2) is 36.4 Å². The first kappa shape index (κ1) is 26.2. The van der Waals surface area contributed by atoms with Crippen molar-refractivity contribution in [2.24, 2.45) is 0 Å². The van der Waals surface area contributed by atoms with Crippen LogP contribution < -0.4 is 15.0 Å². The molecule has 1 aromatic heterocycles. The van der Waals surface area contributed by atoms with E-state index in [1.165, 1.54) is 0 Å². The molecule has 190 valence electrons. The molecule has 1 saturated heterocycles. The number of benzene rings is 1. The molecule has 1 aromatic carbocycles. The molecule has 0 spiro atoms. The van der Waals surface area contributed by atoms with Crippen molar-refractivity contribution in [1.29, 1.82) is 0 Å². The average molecular weight is 483 g/mol. The molecule has 3 amide bonds. The van der Waals surface area contributed by atoms with Gasteiger partial charge >= 0.3 is 6.03 Å². The average Bonchev–Trinajstić information content (AvgIpc) is 3.16. The third-order valence-electron chi connectivity index (χ3n) is 6.40. The van der Waals surface area contributed by atoms with Crippen LogP contribution >= 0.6 is 0 Å². The van der Waals surface area contributed by atoms with E-state index in [2.05, 4.69) is 20.4 Å². The van der Waals surface area contributed by atoms with Gasteiger partial charge in [0.25, 0.3) is 0 Å². The molecule has 0 radical (unpaired) electrons. The second-order valence-electron chi connectivity index (χ2n) is 8.85. The minimum absolute atomic E-state index is 0.00217. The molecule has 2 heterocycles. The van der Waals surface area contributed by atoms with E-state index in [1.54, 1.807) is 12.0 Å². The number of rotatable bonds is 9. The first-order valence-corrected chi connectivity index (χ1v) is 12.5. The highest BCUT2D eigenvalue weighted by Gasteiger charge is 2.26. The Labute approximate surface area is 208 Å². The molecule has 3 rings (SSSR count). The summed E-state index contributed by atoms with van der Waals surface area (Å²) in [5.74, 6) is 1.56.